The molecule has 0 radical (unpaired) electrons. The molecule has 0 amide bonds. The van der Waals surface area contributed by atoms with Crippen molar-refractivity contribution in [2.24, 2.45) is 0 Å². The van der Waals surface area contributed by atoms with Crippen LogP contribution in [0.15, 0.2) is 0 Å². The summed E-state index contributed by atoms with van der Waals surface area (Å²) in [6.45, 7) is 0. The zero-order valence-electron chi connectivity index (χ0n) is 7.07. The van der Waals surface area contributed by atoms with Gasteiger partial charge < -0.3 is 30.6 Å². The smallest absolute Gasteiger partial charge is 0.111 e. The summed E-state index contributed by atoms with van der Waals surface area (Å²) in [5.74, 6) is 0. The van der Waals surface area contributed by atoms with E-state index < -0.39 is 36.6 Å². The van der Waals surface area contributed by atoms with Gasteiger partial charge >= 0.3 is 0 Å². The maximum atomic E-state index is 9.11. The summed E-state index contributed by atoms with van der Waals surface area (Å²) in [5.41, 5.74) is 0. The van der Waals surface area contributed by atoms with Gasteiger partial charge in [0.05, 0.1) is 1.37 Å². The van der Waals surface area contributed by atoms with E-state index in [2.05, 4.69) is 0 Å². The molecule has 6 nitrogen and oxygen atoms in total. The van der Waals surface area contributed by atoms with E-state index in [0.717, 1.165) is 0 Å². The van der Waals surface area contributed by atoms with Crippen LogP contribution in [-0.4, -0.2) is 67.2 Å². The summed E-state index contributed by atoms with van der Waals surface area (Å²) < 4.78 is 7.01. The van der Waals surface area contributed by atoms with Crippen molar-refractivity contribution in [2.75, 3.05) is 0 Å². The fourth-order valence-electron chi connectivity index (χ4n) is 1.10. The molecule has 6 atom stereocenters. The van der Waals surface area contributed by atoms with Crippen molar-refractivity contribution in [3.63, 3.8) is 0 Å². The zero-order chi connectivity index (χ0) is 10.4. The molecule has 0 saturated heterocycles. The van der Waals surface area contributed by atoms with Gasteiger partial charge in [0, 0.05) is 0 Å². The van der Waals surface area contributed by atoms with E-state index in [-0.39, 0.29) is 0 Å². The van der Waals surface area contributed by atoms with E-state index in [9.17, 15) is 0 Å². The molecule has 0 aliphatic heterocycles. The van der Waals surface area contributed by atoms with Gasteiger partial charge in [0.2, 0.25) is 0 Å². The van der Waals surface area contributed by atoms with Crippen molar-refractivity contribution in [1.82, 2.24) is 0 Å². The SMILES string of the molecule is [3H]C1(O)[C@H](O)[C@H](O)C(O)[C@H](O)[C@H]1O. The third-order valence-electron chi connectivity index (χ3n) is 1.95. The van der Waals surface area contributed by atoms with Crippen LogP contribution in [0.25, 0.3) is 0 Å². The number of hydrogen-bond acceptors (Lipinski definition) is 6. The molecule has 0 aromatic heterocycles. The average Bonchev–Trinajstić information content (AvgIpc) is 2.09. The summed E-state index contributed by atoms with van der Waals surface area (Å²) in [6.07, 6.45) is -12.3. The summed E-state index contributed by atoms with van der Waals surface area (Å²) in [7, 11) is 0. The second-order valence-electron chi connectivity index (χ2n) is 2.79. The van der Waals surface area contributed by atoms with Crippen LogP contribution < -0.4 is 0 Å². The molecule has 6 heteroatoms. The lowest BCUT2D eigenvalue weighted by atomic mass is 9.85. The van der Waals surface area contributed by atoms with Crippen molar-refractivity contribution in [3.8, 4) is 0 Å². The third kappa shape index (κ3) is 1.33. The molecule has 1 fully saturated rings. The van der Waals surface area contributed by atoms with E-state index in [4.69, 9.17) is 32.0 Å². The van der Waals surface area contributed by atoms with Crippen LogP contribution in [0, 0.1) is 0 Å². The Balaban J connectivity index is 2.93. The standard InChI is InChI=1S/C6H12O6/c7-1-2(8)4(10)6(12)5(11)3(1)9/h1-12H/t1-,2-,3?,4?,5-,6+/m1/s1/i1T/t1?,2-,3-,4-,5+,6?/m0. The number of aliphatic hydroxyl groups excluding tert-OH is 5. The Labute approximate surface area is 69.7 Å². The molecular formula is C6H12O6. The first-order valence-corrected chi connectivity index (χ1v) is 3.43. The Hall–Kier alpha value is -0.240. The second kappa shape index (κ2) is 3.25. The monoisotopic (exact) mass is 182 g/mol. The van der Waals surface area contributed by atoms with Crippen LogP contribution >= 0.6 is 0 Å². The highest BCUT2D eigenvalue weighted by Crippen LogP contribution is 2.20. The van der Waals surface area contributed by atoms with E-state index >= 15 is 0 Å². The average molecular weight is 182 g/mol. The Morgan fingerprint density at radius 2 is 0.833 bits per heavy atom. The third-order valence-corrected chi connectivity index (χ3v) is 1.95. The first kappa shape index (κ1) is 8.36. The van der Waals surface area contributed by atoms with Crippen molar-refractivity contribution in [2.45, 2.75) is 36.6 Å². The molecule has 1 rings (SSSR count). The van der Waals surface area contributed by atoms with Crippen molar-refractivity contribution in [3.05, 3.63) is 0 Å². The molecule has 0 spiro atoms. The van der Waals surface area contributed by atoms with E-state index in [0.29, 0.717) is 0 Å². The molecule has 2 unspecified atom stereocenters. The molecule has 12 heavy (non-hydrogen) atoms. The Morgan fingerprint density at radius 1 is 0.583 bits per heavy atom. The largest absolute Gasteiger partial charge is 0.387 e. The van der Waals surface area contributed by atoms with Gasteiger partial charge in [-0.15, -0.1) is 0 Å². The fraction of sp³-hybridized carbons (Fsp3) is 1.00. The molecule has 0 heterocycles. The number of hydrogen-bond donors (Lipinski definition) is 6. The molecule has 0 aromatic rings. The predicted molar refractivity (Wildman–Crippen MR) is 36.0 cm³/mol. The van der Waals surface area contributed by atoms with Gasteiger partial charge in [-0.05, 0) is 0 Å². The van der Waals surface area contributed by atoms with Crippen molar-refractivity contribution in [1.29, 1.82) is 0 Å². The maximum Gasteiger partial charge on any atom is 0.111 e. The summed E-state index contributed by atoms with van der Waals surface area (Å²) in [5, 5.41) is 54.2. The van der Waals surface area contributed by atoms with Gasteiger partial charge in [0.25, 0.3) is 0 Å². The molecule has 72 valence electrons. The lowest BCUT2D eigenvalue weighted by Gasteiger charge is -2.39. The van der Waals surface area contributed by atoms with Gasteiger partial charge in [-0.25, -0.2) is 0 Å². The molecule has 1 aliphatic carbocycles. The molecule has 6 N–H and O–H groups in total. The Morgan fingerprint density at radius 3 is 1.17 bits per heavy atom. The minimum Gasteiger partial charge on any atom is -0.387 e. The molecule has 0 bridgehead atoms. The van der Waals surface area contributed by atoms with Crippen molar-refractivity contribution >= 4 is 0 Å². The fourth-order valence-corrected chi connectivity index (χ4v) is 1.10. The van der Waals surface area contributed by atoms with Gasteiger partial charge in [0.1, 0.15) is 36.6 Å². The van der Waals surface area contributed by atoms with E-state index in [1.54, 1.807) is 0 Å². The summed E-state index contributed by atoms with van der Waals surface area (Å²) in [6, 6.07) is 0. The minimum atomic E-state index is -2.78. The maximum absolute atomic E-state index is 9.11. The second-order valence-corrected chi connectivity index (χ2v) is 2.79. The quantitative estimate of drug-likeness (QED) is 0.228. The van der Waals surface area contributed by atoms with Gasteiger partial charge in [-0.3, -0.25) is 0 Å². The highest BCUT2D eigenvalue weighted by molar-refractivity contribution is 4.98. The van der Waals surface area contributed by atoms with Crippen LogP contribution in [0.1, 0.15) is 1.37 Å². The molecule has 0 aromatic carbocycles. The van der Waals surface area contributed by atoms with Gasteiger partial charge in [-0.1, -0.05) is 0 Å². The number of rotatable bonds is 0. The first-order chi connectivity index (χ1) is 5.80. The van der Waals surface area contributed by atoms with Crippen LogP contribution in [0.4, 0.5) is 0 Å². The van der Waals surface area contributed by atoms with Gasteiger partial charge in [-0.2, -0.15) is 0 Å². The summed E-state index contributed by atoms with van der Waals surface area (Å²) in [4.78, 5) is 0. The Kier molecular flexibility index (Phi) is 2.26. The highest BCUT2D eigenvalue weighted by Gasteiger charge is 2.47. The lowest BCUT2D eigenvalue weighted by molar-refractivity contribution is -0.223. The predicted octanol–water partition coefficient (Wildman–Crippen LogP) is -3.83. The zero-order valence-corrected chi connectivity index (χ0v) is 6.07. The molecular weight excluding hydrogens is 168 g/mol. The van der Waals surface area contributed by atoms with Gasteiger partial charge in [0.15, 0.2) is 0 Å². The highest BCUT2D eigenvalue weighted by atomic mass is 16.4. The van der Waals surface area contributed by atoms with Crippen molar-refractivity contribution < 1.29 is 32.0 Å². The van der Waals surface area contributed by atoms with Crippen LogP contribution in [0.3, 0.4) is 0 Å². The van der Waals surface area contributed by atoms with Crippen LogP contribution in [0.5, 0.6) is 0 Å². The van der Waals surface area contributed by atoms with E-state index in [1.165, 1.54) is 0 Å². The topological polar surface area (TPSA) is 121 Å². The van der Waals surface area contributed by atoms with Crippen LogP contribution in [-0.2, 0) is 0 Å². The first-order valence-electron chi connectivity index (χ1n) is 3.93. The minimum absolute atomic E-state index is 1.78. The molecule has 1 aliphatic rings. The van der Waals surface area contributed by atoms with E-state index in [1.807, 2.05) is 0 Å². The molecule has 1 saturated carbocycles. The Bertz CT molecular complexity index is 180. The normalized spacial score (nSPS) is 62.8. The number of aliphatic hydroxyl groups is 6. The summed E-state index contributed by atoms with van der Waals surface area (Å²) >= 11 is 0. The van der Waals surface area contributed by atoms with Crippen LogP contribution in [0.2, 0.25) is 0 Å². The lowest BCUT2D eigenvalue weighted by Crippen LogP contribution is -2.63.